The minimum absolute atomic E-state index is 0.0660. The number of ether oxygens (including phenoxy) is 1. The second kappa shape index (κ2) is 9.63. The number of hydrogen-bond acceptors (Lipinski definition) is 5. The van der Waals surface area contributed by atoms with Gasteiger partial charge in [0.2, 0.25) is 0 Å². The molecule has 6 heteroatoms. The third kappa shape index (κ3) is 4.57. The summed E-state index contributed by atoms with van der Waals surface area (Å²) in [4.78, 5) is 12.6. The molecule has 0 atom stereocenters. The molecule has 0 fully saturated rings. The van der Waals surface area contributed by atoms with Gasteiger partial charge in [-0.1, -0.05) is 66.4 Å². The molecule has 0 bridgehead atoms. The van der Waals surface area contributed by atoms with Gasteiger partial charge in [-0.3, -0.25) is 9.36 Å². The van der Waals surface area contributed by atoms with Gasteiger partial charge < -0.3 is 4.74 Å². The van der Waals surface area contributed by atoms with Crippen molar-refractivity contribution in [2.45, 2.75) is 37.9 Å². The van der Waals surface area contributed by atoms with Crippen LogP contribution in [-0.4, -0.2) is 26.3 Å². The van der Waals surface area contributed by atoms with Gasteiger partial charge in [-0.15, -0.1) is 10.2 Å². The Kier molecular flexibility index (Phi) is 6.26. The zero-order valence-corrected chi connectivity index (χ0v) is 19.3. The van der Waals surface area contributed by atoms with Crippen LogP contribution in [0, 0.1) is 6.92 Å². The van der Waals surface area contributed by atoms with Gasteiger partial charge in [0.15, 0.2) is 16.8 Å². The summed E-state index contributed by atoms with van der Waals surface area (Å²) in [7, 11) is 0. The minimum atomic E-state index is 0.0660. The van der Waals surface area contributed by atoms with Gasteiger partial charge >= 0.3 is 0 Å². The zero-order chi connectivity index (χ0) is 22.6. The highest BCUT2D eigenvalue weighted by atomic mass is 32.2. The number of hydrogen-bond donors (Lipinski definition) is 0. The topological polar surface area (TPSA) is 57.0 Å². The molecule has 1 aliphatic carbocycles. The first-order chi connectivity index (χ1) is 16.2. The Morgan fingerprint density at radius 1 is 0.939 bits per heavy atom. The Morgan fingerprint density at radius 3 is 2.45 bits per heavy atom. The van der Waals surface area contributed by atoms with Gasteiger partial charge in [0, 0.05) is 11.3 Å². The van der Waals surface area contributed by atoms with Crippen molar-refractivity contribution in [3.8, 4) is 11.4 Å². The molecule has 0 amide bonds. The Morgan fingerprint density at radius 2 is 1.67 bits per heavy atom. The summed E-state index contributed by atoms with van der Waals surface area (Å²) in [5.74, 6) is 2.00. The van der Waals surface area contributed by atoms with Crippen molar-refractivity contribution in [3.63, 3.8) is 0 Å². The van der Waals surface area contributed by atoms with E-state index in [2.05, 4.69) is 29.3 Å². The normalized spacial score (nSPS) is 12.5. The van der Waals surface area contributed by atoms with Crippen LogP contribution in [0.4, 0.5) is 0 Å². The Labute approximate surface area is 197 Å². The van der Waals surface area contributed by atoms with Crippen LogP contribution < -0.4 is 4.74 Å². The summed E-state index contributed by atoms with van der Waals surface area (Å²) in [5, 5.41) is 9.50. The maximum atomic E-state index is 12.6. The fourth-order valence-electron chi connectivity index (χ4n) is 4.29. The summed E-state index contributed by atoms with van der Waals surface area (Å²) in [6, 6.07) is 23.5. The van der Waals surface area contributed by atoms with Gasteiger partial charge in [-0.2, -0.15) is 0 Å². The number of ketones is 1. The SMILES string of the molecule is Cc1ccc(OCc2nnc(SCC(=O)c3ccccc3)n2-c2ccccc2)c2c1CCC2. The largest absolute Gasteiger partial charge is 0.485 e. The van der Waals surface area contributed by atoms with E-state index in [0.717, 1.165) is 24.3 Å². The fraction of sp³-hybridized carbons (Fsp3) is 0.222. The lowest BCUT2D eigenvalue weighted by atomic mass is 10.0. The lowest BCUT2D eigenvalue weighted by Crippen LogP contribution is -2.08. The molecule has 4 aromatic rings. The van der Waals surface area contributed by atoms with Crippen LogP contribution in [-0.2, 0) is 19.4 Å². The first-order valence-electron chi connectivity index (χ1n) is 11.2. The number of aromatic nitrogens is 3. The van der Waals surface area contributed by atoms with E-state index in [1.807, 2.05) is 65.2 Å². The predicted octanol–water partition coefficient (Wildman–Crippen LogP) is 5.62. The first kappa shape index (κ1) is 21.5. The lowest BCUT2D eigenvalue weighted by molar-refractivity contribution is 0.102. The highest BCUT2D eigenvalue weighted by Gasteiger charge is 2.20. The van der Waals surface area contributed by atoms with E-state index in [1.54, 1.807) is 0 Å². The number of para-hydroxylation sites is 1. The standard InChI is InChI=1S/C27H25N3O2S/c1-19-15-16-25(23-14-8-13-22(19)23)32-17-26-28-29-27(30(26)21-11-6-3-7-12-21)33-18-24(31)20-9-4-2-5-10-20/h2-7,9-12,15-16H,8,13-14,17-18H2,1H3. The van der Waals surface area contributed by atoms with Crippen molar-refractivity contribution < 1.29 is 9.53 Å². The number of Topliss-reactive ketones (excluding diaryl/α,β-unsaturated/α-hetero) is 1. The van der Waals surface area contributed by atoms with Gasteiger partial charge in [0.25, 0.3) is 0 Å². The number of aryl methyl sites for hydroxylation is 1. The second-order valence-electron chi connectivity index (χ2n) is 8.13. The average molecular weight is 456 g/mol. The quantitative estimate of drug-likeness (QED) is 0.255. The van der Waals surface area contributed by atoms with E-state index >= 15 is 0 Å². The molecule has 3 aromatic carbocycles. The molecule has 0 N–H and O–H groups in total. The molecule has 0 spiro atoms. The van der Waals surface area contributed by atoms with Crippen LogP contribution in [0.1, 0.15) is 39.3 Å². The predicted molar refractivity (Wildman–Crippen MR) is 130 cm³/mol. The average Bonchev–Trinajstić information content (AvgIpc) is 3.51. The van der Waals surface area contributed by atoms with E-state index in [1.165, 1.54) is 34.9 Å². The third-order valence-electron chi connectivity index (χ3n) is 5.98. The van der Waals surface area contributed by atoms with E-state index < -0.39 is 0 Å². The minimum Gasteiger partial charge on any atom is -0.485 e. The second-order valence-corrected chi connectivity index (χ2v) is 9.07. The molecule has 166 valence electrons. The maximum absolute atomic E-state index is 12.6. The molecule has 1 heterocycles. The Balaban J connectivity index is 1.38. The summed E-state index contributed by atoms with van der Waals surface area (Å²) in [6.07, 6.45) is 3.35. The smallest absolute Gasteiger partial charge is 0.196 e. The zero-order valence-electron chi connectivity index (χ0n) is 18.5. The molecule has 5 rings (SSSR count). The molecule has 1 aromatic heterocycles. The molecular formula is C27H25N3O2S. The number of fused-ring (bicyclic) bond motifs is 1. The molecule has 0 radical (unpaired) electrons. The lowest BCUT2D eigenvalue weighted by Gasteiger charge is -2.14. The summed E-state index contributed by atoms with van der Waals surface area (Å²) in [6.45, 7) is 2.48. The van der Waals surface area contributed by atoms with E-state index in [0.29, 0.717) is 28.9 Å². The number of benzene rings is 3. The molecule has 1 aliphatic rings. The highest BCUT2D eigenvalue weighted by Crippen LogP contribution is 2.33. The third-order valence-corrected chi connectivity index (χ3v) is 6.90. The van der Waals surface area contributed by atoms with Crippen LogP contribution in [0.2, 0.25) is 0 Å². The molecule has 5 nitrogen and oxygen atoms in total. The summed E-state index contributed by atoms with van der Waals surface area (Å²) in [5.41, 5.74) is 5.73. The number of carbonyl (C=O) groups excluding carboxylic acids is 1. The molecular weight excluding hydrogens is 430 g/mol. The van der Waals surface area contributed by atoms with Gasteiger partial charge in [0.05, 0.1) is 5.75 Å². The van der Waals surface area contributed by atoms with Crippen molar-refractivity contribution in [3.05, 3.63) is 101 Å². The molecule has 0 aliphatic heterocycles. The van der Waals surface area contributed by atoms with Crippen LogP contribution in [0.15, 0.2) is 78.0 Å². The number of thioether (sulfide) groups is 1. The molecule has 33 heavy (non-hydrogen) atoms. The van der Waals surface area contributed by atoms with Crippen molar-refractivity contribution in [1.29, 1.82) is 0 Å². The van der Waals surface area contributed by atoms with Crippen LogP contribution in [0.25, 0.3) is 5.69 Å². The number of nitrogens with zero attached hydrogens (tertiary/aromatic N) is 3. The van der Waals surface area contributed by atoms with Crippen molar-refractivity contribution in [2.75, 3.05) is 5.75 Å². The molecule has 0 unspecified atom stereocenters. The van der Waals surface area contributed by atoms with Crippen molar-refractivity contribution in [2.24, 2.45) is 0 Å². The van der Waals surface area contributed by atoms with Crippen LogP contribution >= 0.6 is 11.8 Å². The monoisotopic (exact) mass is 455 g/mol. The van der Waals surface area contributed by atoms with E-state index in [9.17, 15) is 4.79 Å². The maximum Gasteiger partial charge on any atom is 0.196 e. The summed E-state index contributed by atoms with van der Waals surface area (Å²) >= 11 is 1.39. The van der Waals surface area contributed by atoms with Crippen molar-refractivity contribution in [1.82, 2.24) is 14.8 Å². The van der Waals surface area contributed by atoms with Gasteiger partial charge in [0.1, 0.15) is 12.4 Å². The summed E-state index contributed by atoms with van der Waals surface area (Å²) < 4.78 is 8.24. The van der Waals surface area contributed by atoms with Gasteiger partial charge in [-0.25, -0.2) is 0 Å². The van der Waals surface area contributed by atoms with Crippen LogP contribution in [0.3, 0.4) is 0 Å². The van der Waals surface area contributed by atoms with Crippen LogP contribution in [0.5, 0.6) is 5.75 Å². The highest BCUT2D eigenvalue weighted by molar-refractivity contribution is 7.99. The number of carbonyl (C=O) groups is 1. The van der Waals surface area contributed by atoms with E-state index in [4.69, 9.17) is 4.74 Å². The van der Waals surface area contributed by atoms with E-state index in [-0.39, 0.29) is 5.78 Å². The molecule has 0 saturated heterocycles. The van der Waals surface area contributed by atoms with Gasteiger partial charge in [-0.05, 0) is 61.1 Å². The first-order valence-corrected chi connectivity index (χ1v) is 12.1. The Bertz CT molecular complexity index is 1270. The molecule has 0 saturated carbocycles. The fourth-order valence-corrected chi connectivity index (χ4v) is 5.16. The van der Waals surface area contributed by atoms with Crippen molar-refractivity contribution >= 4 is 17.5 Å². The number of rotatable bonds is 8. The Hall–Kier alpha value is -3.38.